The van der Waals surface area contributed by atoms with Gasteiger partial charge in [-0.3, -0.25) is 4.57 Å². The van der Waals surface area contributed by atoms with Crippen LogP contribution in [-0.2, 0) is 5.41 Å². The Morgan fingerprint density at radius 3 is 2.12 bits per heavy atom. The second kappa shape index (κ2) is 12.0. The topological polar surface area (TPSA) is 48.1 Å². The highest BCUT2D eigenvalue weighted by molar-refractivity contribution is 6.09. The van der Waals surface area contributed by atoms with Gasteiger partial charge in [0.2, 0.25) is 0 Å². The molecule has 7 rings (SSSR count). The Morgan fingerprint density at radius 2 is 1.41 bits per heavy atom. The molecule has 0 aliphatic carbocycles. The summed E-state index contributed by atoms with van der Waals surface area (Å²) in [5.41, 5.74) is 13.7. The van der Waals surface area contributed by atoms with Crippen molar-refractivity contribution in [3.05, 3.63) is 125 Å². The van der Waals surface area contributed by atoms with Gasteiger partial charge >= 0.3 is 0 Å². The summed E-state index contributed by atoms with van der Waals surface area (Å²) in [7, 11) is 4.17. The van der Waals surface area contributed by atoms with E-state index in [4.69, 9.17) is 14.8 Å². The third-order valence-electron chi connectivity index (χ3n) is 9.58. The van der Waals surface area contributed by atoms with E-state index in [9.17, 15) is 0 Å². The van der Waals surface area contributed by atoms with Gasteiger partial charge in [0.25, 0.3) is 0 Å². The van der Waals surface area contributed by atoms with Crippen LogP contribution < -0.4 is 9.64 Å². The highest BCUT2D eigenvalue weighted by Crippen LogP contribution is 2.38. The largest absolute Gasteiger partial charge is 0.457 e. The molecule has 7 aromatic rings. The van der Waals surface area contributed by atoms with Gasteiger partial charge in [-0.05, 0) is 122 Å². The Bertz CT molecular complexity index is 2360. The van der Waals surface area contributed by atoms with Gasteiger partial charge in [-0.1, -0.05) is 39.0 Å². The summed E-state index contributed by atoms with van der Waals surface area (Å²) < 4.78 is 11.0. The molecule has 0 aliphatic heterocycles. The van der Waals surface area contributed by atoms with Crippen LogP contribution in [-0.4, -0.2) is 33.4 Å². The Balaban J connectivity index is 1.30. The average Bonchev–Trinajstić information content (AvgIpc) is 3.53. The maximum absolute atomic E-state index is 6.65. The minimum absolute atomic E-state index is 0.00813. The number of benzene rings is 4. The number of pyridine rings is 1. The van der Waals surface area contributed by atoms with Crippen molar-refractivity contribution in [3.63, 3.8) is 0 Å². The summed E-state index contributed by atoms with van der Waals surface area (Å²) in [6.07, 6.45) is 1.91. The maximum Gasteiger partial charge on any atom is 0.137 e. The van der Waals surface area contributed by atoms with Gasteiger partial charge in [0, 0.05) is 60.1 Å². The molecule has 0 bridgehead atoms. The van der Waals surface area contributed by atoms with E-state index in [0.29, 0.717) is 0 Å². The Labute approximate surface area is 289 Å². The van der Waals surface area contributed by atoms with Crippen molar-refractivity contribution in [3.8, 4) is 34.1 Å². The van der Waals surface area contributed by atoms with Crippen LogP contribution in [0.15, 0.2) is 91.1 Å². The first kappa shape index (κ1) is 32.2. The smallest absolute Gasteiger partial charge is 0.137 e. The second-order valence-corrected chi connectivity index (χ2v) is 14.6. The van der Waals surface area contributed by atoms with Gasteiger partial charge in [0.1, 0.15) is 17.3 Å². The van der Waals surface area contributed by atoms with E-state index < -0.39 is 0 Å². The van der Waals surface area contributed by atoms with Crippen molar-refractivity contribution in [2.45, 2.75) is 60.8 Å². The summed E-state index contributed by atoms with van der Waals surface area (Å²) in [5, 5.41) is 7.41. The van der Waals surface area contributed by atoms with Crippen LogP contribution in [0.4, 0.5) is 5.69 Å². The van der Waals surface area contributed by atoms with Crippen LogP contribution in [0.5, 0.6) is 11.5 Å². The van der Waals surface area contributed by atoms with Gasteiger partial charge in [0.15, 0.2) is 0 Å². The number of aryl methyl sites for hydroxylation is 4. The number of fused-ring (bicyclic) bond motifs is 3. The van der Waals surface area contributed by atoms with Gasteiger partial charge in [-0.15, -0.1) is 0 Å². The Kier molecular flexibility index (Phi) is 7.86. The lowest BCUT2D eigenvalue weighted by Gasteiger charge is -2.20. The molecular weight excluding hydrogens is 603 g/mol. The normalized spacial score (nSPS) is 11.9. The lowest BCUT2D eigenvalue weighted by Crippen LogP contribution is -2.12. The highest BCUT2D eigenvalue weighted by Gasteiger charge is 2.21. The van der Waals surface area contributed by atoms with Crippen LogP contribution in [0.25, 0.3) is 44.4 Å². The molecule has 6 nitrogen and oxygen atoms in total. The zero-order chi connectivity index (χ0) is 34.8. The SMILES string of the molecule is Cc1cc(Oc2ccc3c4ccccc4n(-c4cc(C(C)(C)C)ccn4)c3c2)cc(-n2nc(C)c(-c3c(C)cc(N(C)C)cc3C)c2C)c1. The van der Waals surface area contributed by atoms with E-state index in [1.54, 1.807) is 0 Å². The lowest BCUT2D eigenvalue weighted by molar-refractivity contribution is 0.482. The third kappa shape index (κ3) is 5.75. The number of hydrogen-bond donors (Lipinski definition) is 0. The standard InChI is InChI=1S/C43H45N5O/c1-26-19-33(48-30(5)42(29(4)45-48)41-27(2)21-32(46(9)10)22-28(41)3)24-35(20-26)49-34-15-16-37-36-13-11-12-14-38(36)47(39(37)25-34)40-23-31(17-18-44-40)43(6,7)8/h11-25H,1-10H3. The molecular formula is C43H45N5O. The van der Waals surface area contributed by atoms with Crippen LogP contribution in [0, 0.1) is 34.6 Å². The minimum Gasteiger partial charge on any atom is -0.457 e. The molecule has 49 heavy (non-hydrogen) atoms. The van der Waals surface area contributed by atoms with Crippen LogP contribution in [0.2, 0.25) is 0 Å². The van der Waals surface area contributed by atoms with E-state index in [1.807, 2.05) is 6.20 Å². The van der Waals surface area contributed by atoms with E-state index >= 15 is 0 Å². The van der Waals surface area contributed by atoms with Crippen LogP contribution in [0.3, 0.4) is 0 Å². The Hall–Kier alpha value is -5.36. The zero-order valence-electron chi connectivity index (χ0n) is 30.3. The van der Waals surface area contributed by atoms with Gasteiger partial charge in [0.05, 0.1) is 22.4 Å². The number of anilines is 1. The fraction of sp³-hybridized carbons (Fsp3) is 0.256. The molecule has 0 atom stereocenters. The zero-order valence-corrected chi connectivity index (χ0v) is 30.3. The van der Waals surface area contributed by atoms with E-state index in [-0.39, 0.29) is 5.41 Å². The fourth-order valence-electron chi connectivity index (χ4n) is 7.16. The molecule has 0 saturated heterocycles. The van der Waals surface area contributed by atoms with Crippen LogP contribution >= 0.6 is 0 Å². The third-order valence-corrected chi connectivity index (χ3v) is 9.58. The molecule has 248 valence electrons. The van der Waals surface area contributed by atoms with Crippen molar-refractivity contribution in [1.82, 2.24) is 19.3 Å². The van der Waals surface area contributed by atoms with Crippen molar-refractivity contribution in [2.75, 3.05) is 19.0 Å². The summed E-state index contributed by atoms with van der Waals surface area (Å²) in [4.78, 5) is 6.99. The minimum atomic E-state index is 0.00813. The predicted molar refractivity (Wildman–Crippen MR) is 204 cm³/mol. The monoisotopic (exact) mass is 647 g/mol. The van der Waals surface area contributed by atoms with E-state index in [0.717, 1.165) is 56.4 Å². The Morgan fingerprint density at radius 1 is 0.694 bits per heavy atom. The summed E-state index contributed by atoms with van der Waals surface area (Å²) in [6.45, 7) is 17.5. The van der Waals surface area contributed by atoms with Gasteiger partial charge in [-0.25, -0.2) is 9.67 Å². The molecule has 0 radical (unpaired) electrons. The summed E-state index contributed by atoms with van der Waals surface area (Å²) >= 11 is 0. The van der Waals surface area contributed by atoms with Gasteiger partial charge < -0.3 is 9.64 Å². The summed E-state index contributed by atoms with van der Waals surface area (Å²) in [6, 6.07) is 30.0. The predicted octanol–water partition coefficient (Wildman–Crippen LogP) is 10.7. The first-order chi connectivity index (χ1) is 23.3. The van der Waals surface area contributed by atoms with Crippen molar-refractivity contribution in [1.29, 1.82) is 0 Å². The van der Waals surface area contributed by atoms with Gasteiger partial charge in [-0.2, -0.15) is 5.10 Å². The van der Waals surface area contributed by atoms with Crippen molar-refractivity contribution < 1.29 is 4.74 Å². The molecule has 0 saturated carbocycles. The molecule has 3 heterocycles. The number of para-hydroxylation sites is 1. The first-order valence-corrected chi connectivity index (χ1v) is 17.0. The first-order valence-electron chi connectivity index (χ1n) is 17.0. The molecule has 0 aliphatic rings. The van der Waals surface area contributed by atoms with Crippen molar-refractivity contribution >= 4 is 27.5 Å². The fourth-order valence-corrected chi connectivity index (χ4v) is 7.16. The van der Waals surface area contributed by atoms with E-state index in [1.165, 1.54) is 38.9 Å². The number of hydrogen-bond acceptors (Lipinski definition) is 4. The molecule has 0 fully saturated rings. The number of nitrogens with zero attached hydrogens (tertiary/aromatic N) is 5. The maximum atomic E-state index is 6.65. The molecule has 3 aromatic heterocycles. The molecule has 6 heteroatoms. The molecule has 0 spiro atoms. The number of aromatic nitrogens is 4. The summed E-state index contributed by atoms with van der Waals surface area (Å²) in [5.74, 6) is 2.43. The number of rotatable bonds is 6. The van der Waals surface area contributed by atoms with Crippen LogP contribution in [0.1, 0.15) is 54.4 Å². The van der Waals surface area contributed by atoms with E-state index in [2.05, 4.69) is 169 Å². The van der Waals surface area contributed by atoms with Crippen molar-refractivity contribution in [2.24, 2.45) is 0 Å². The average molecular weight is 648 g/mol. The molecule has 0 amide bonds. The number of ether oxygens (including phenoxy) is 1. The second-order valence-electron chi connectivity index (χ2n) is 14.6. The lowest BCUT2D eigenvalue weighted by atomic mass is 9.88. The molecule has 0 N–H and O–H groups in total. The quantitative estimate of drug-likeness (QED) is 0.180. The highest BCUT2D eigenvalue weighted by atomic mass is 16.5. The molecule has 0 unspecified atom stereocenters. The molecule has 4 aromatic carbocycles.